The molecule has 87 valence electrons. The molecule has 1 unspecified atom stereocenters. The molecule has 0 saturated heterocycles. The highest BCUT2D eigenvalue weighted by Gasteiger charge is 2.11. The zero-order chi connectivity index (χ0) is 11.8. The van der Waals surface area contributed by atoms with Gasteiger partial charge in [0.05, 0.1) is 6.10 Å². The van der Waals surface area contributed by atoms with Crippen molar-refractivity contribution in [3.05, 3.63) is 35.4 Å². The number of benzene rings is 1. The molecule has 0 amide bonds. The second kappa shape index (κ2) is 7.63. The van der Waals surface area contributed by atoms with Crippen LogP contribution in [0.3, 0.4) is 0 Å². The van der Waals surface area contributed by atoms with Gasteiger partial charge in [0.2, 0.25) is 10.5 Å². The molecule has 0 aliphatic rings. The maximum absolute atomic E-state index is 5.34. The summed E-state index contributed by atoms with van der Waals surface area (Å²) < 4.78 is 5.34. The Labute approximate surface area is 103 Å². The van der Waals surface area contributed by atoms with Gasteiger partial charge in [0.25, 0.3) is 0 Å². The predicted molar refractivity (Wildman–Crippen MR) is 69.5 cm³/mol. The van der Waals surface area contributed by atoms with Crippen LogP contribution in [0.5, 0.6) is 0 Å². The molecule has 0 bridgehead atoms. The lowest BCUT2D eigenvalue weighted by Gasteiger charge is -2.17. The van der Waals surface area contributed by atoms with Crippen LogP contribution in [0.15, 0.2) is 24.3 Å². The first-order chi connectivity index (χ1) is 7.83. The Morgan fingerprint density at radius 3 is 2.56 bits per heavy atom. The van der Waals surface area contributed by atoms with Gasteiger partial charge in [-0.15, -0.1) is 0 Å². The molecule has 0 heterocycles. The largest absolute Gasteiger partial charge is 0.412 e. The summed E-state index contributed by atoms with van der Waals surface area (Å²) in [6, 6.07) is 8.60. The maximum atomic E-state index is 5.34. The van der Waals surface area contributed by atoms with Crippen LogP contribution in [0.2, 0.25) is 0 Å². The molecule has 0 aliphatic carbocycles. The predicted octanol–water partition coefficient (Wildman–Crippen LogP) is 3.97. The smallest absolute Gasteiger partial charge is 0.247 e. The minimum absolute atomic E-state index is 0.175. The van der Waals surface area contributed by atoms with Crippen molar-refractivity contribution in [2.45, 2.75) is 52.1 Å². The third kappa shape index (κ3) is 3.76. The molecule has 1 aromatic rings. The Bertz CT molecular complexity index is 295. The van der Waals surface area contributed by atoms with Crippen LogP contribution in [0.1, 0.15) is 56.8 Å². The van der Waals surface area contributed by atoms with E-state index in [1.54, 1.807) is 0 Å². The van der Waals surface area contributed by atoms with E-state index in [1.165, 1.54) is 30.4 Å². The molecule has 2 heteroatoms. The van der Waals surface area contributed by atoms with Crippen LogP contribution >= 0.6 is 0 Å². The Kier molecular flexibility index (Phi) is 6.42. The number of rotatable bonds is 7. The average Bonchev–Trinajstić information content (AvgIpc) is 2.33. The highest BCUT2D eigenvalue weighted by Crippen LogP contribution is 2.24. The number of unbranched alkanes of at least 4 members (excludes halogenated alkanes) is 2. The summed E-state index contributed by atoms with van der Waals surface area (Å²) in [6.45, 7) is 4.38. The van der Waals surface area contributed by atoms with E-state index in [1.807, 2.05) is 0 Å². The van der Waals surface area contributed by atoms with E-state index in [0.29, 0.717) is 0 Å². The highest BCUT2D eigenvalue weighted by atomic mass is 28.2. The maximum Gasteiger partial charge on any atom is 0.247 e. The van der Waals surface area contributed by atoms with E-state index in [9.17, 15) is 0 Å². The Hall–Kier alpha value is -0.603. The highest BCUT2D eigenvalue weighted by molar-refractivity contribution is 5.98. The van der Waals surface area contributed by atoms with Gasteiger partial charge in [0.15, 0.2) is 0 Å². The summed E-state index contributed by atoms with van der Waals surface area (Å²) in [5.41, 5.74) is 2.76. The van der Waals surface area contributed by atoms with Crippen LogP contribution < -0.4 is 0 Å². The first-order valence-corrected chi connectivity index (χ1v) is 6.64. The molecule has 16 heavy (non-hydrogen) atoms. The van der Waals surface area contributed by atoms with Crippen molar-refractivity contribution in [1.29, 1.82) is 0 Å². The Morgan fingerprint density at radius 2 is 1.94 bits per heavy atom. The van der Waals surface area contributed by atoms with Crippen molar-refractivity contribution in [2.75, 3.05) is 0 Å². The van der Waals surface area contributed by atoms with Crippen LogP contribution in [-0.4, -0.2) is 10.5 Å². The summed E-state index contributed by atoms with van der Waals surface area (Å²) >= 11 is 0. The molecule has 1 rings (SSSR count). The summed E-state index contributed by atoms with van der Waals surface area (Å²) in [5.74, 6) is 0. The summed E-state index contributed by atoms with van der Waals surface area (Å²) in [6.07, 6.45) is 6.18. The lowest BCUT2D eigenvalue weighted by atomic mass is 9.96. The number of hydrogen-bond acceptors (Lipinski definition) is 1. The van der Waals surface area contributed by atoms with Crippen molar-refractivity contribution < 1.29 is 4.43 Å². The first kappa shape index (κ1) is 13.5. The van der Waals surface area contributed by atoms with Crippen molar-refractivity contribution >= 4 is 10.5 Å². The zero-order valence-electron chi connectivity index (χ0n) is 10.3. The molecule has 1 atom stereocenters. The second-order valence-electron chi connectivity index (χ2n) is 4.17. The molecule has 1 aromatic carbocycles. The van der Waals surface area contributed by atoms with Crippen molar-refractivity contribution in [1.82, 2.24) is 0 Å². The number of hydrogen-bond donors (Lipinski definition) is 0. The molecular formula is C14H21OSi. The third-order valence-electron chi connectivity index (χ3n) is 2.96. The SMILES string of the molecule is CCCCCc1ccccc1C(CC)O[Si]. The fourth-order valence-corrected chi connectivity index (χ4v) is 2.30. The van der Waals surface area contributed by atoms with E-state index in [4.69, 9.17) is 4.43 Å². The van der Waals surface area contributed by atoms with Gasteiger partial charge in [0.1, 0.15) is 0 Å². The molecule has 0 N–H and O–H groups in total. The average molecular weight is 233 g/mol. The zero-order valence-corrected chi connectivity index (χ0v) is 11.3. The molecule has 3 radical (unpaired) electrons. The van der Waals surface area contributed by atoms with Gasteiger partial charge in [-0.2, -0.15) is 0 Å². The van der Waals surface area contributed by atoms with E-state index >= 15 is 0 Å². The van der Waals surface area contributed by atoms with Crippen LogP contribution in [0.4, 0.5) is 0 Å². The van der Waals surface area contributed by atoms with E-state index in [2.05, 4.69) is 48.6 Å². The third-order valence-corrected chi connectivity index (χ3v) is 3.25. The summed E-state index contributed by atoms with van der Waals surface area (Å²) in [5, 5.41) is 0. The molecule has 0 spiro atoms. The lowest BCUT2D eigenvalue weighted by molar-refractivity contribution is 0.221. The Morgan fingerprint density at radius 1 is 1.19 bits per heavy atom. The minimum atomic E-state index is 0.175. The molecule has 0 saturated carbocycles. The van der Waals surface area contributed by atoms with Gasteiger partial charge in [-0.05, 0) is 30.4 Å². The van der Waals surface area contributed by atoms with Crippen LogP contribution in [-0.2, 0) is 10.8 Å². The van der Waals surface area contributed by atoms with Gasteiger partial charge in [-0.25, -0.2) is 0 Å². The van der Waals surface area contributed by atoms with Crippen molar-refractivity contribution in [3.63, 3.8) is 0 Å². The van der Waals surface area contributed by atoms with Gasteiger partial charge in [-0.1, -0.05) is 51.0 Å². The quantitative estimate of drug-likeness (QED) is 0.511. The van der Waals surface area contributed by atoms with E-state index < -0.39 is 0 Å². The first-order valence-electron chi connectivity index (χ1n) is 6.23. The fraction of sp³-hybridized carbons (Fsp3) is 0.571. The molecule has 1 nitrogen and oxygen atoms in total. The summed E-state index contributed by atoms with van der Waals surface area (Å²) in [4.78, 5) is 0. The molecule has 0 aromatic heterocycles. The van der Waals surface area contributed by atoms with Crippen LogP contribution in [0, 0.1) is 0 Å². The molecule has 0 fully saturated rings. The topological polar surface area (TPSA) is 9.23 Å². The van der Waals surface area contributed by atoms with Gasteiger partial charge in [-0.3, -0.25) is 0 Å². The Balaban J connectivity index is 2.74. The normalized spacial score (nSPS) is 12.7. The lowest BCUT2D eigenvalue weighted by Crippen LogP contribution is -2.04. The monoisotopic (exact) mass is 233 g/mol. The van der Waals surface area contributed by atoms with Crippen molar-refractivity contribution in [2.24, 2.45) is 0 Å². The standard InChI is InChI=1S/C14H21OSi/c1-3-5-6-9-12-10-7-8-11-13(12)14(4-2)15-16/h7-8,10-11,14H,3-6,9H2,1-2H3. The molecular weight excluding hydrogens is 212 g/mol. The van der Waals surface area contributed by atoms with E-state index in [0.717, 1.165) is 12.8 Å². The van der Waals surface area contributed by atoms with E-state index in [-0.39, 0.29) is 6.10 Å². The molecule has 0 aliphatic heterocycles. The van der Waals surface area contributed by atoms with Crippen molar-refractivity contribution in [3.8, 4) is 0 Å². The fourth-order valence-electron chi connectivity index (χ4n) is 2.01. The number of aryl methyl sites for hydroxylation is 1. The van der Waals surface area contributed by atoms with Gasteiger partial charge in [0, 0.05) is 0 Å². The van der Waals surface area contributed by atoms with Gasteiger partial charge < -0.3 is 4.43 Å². The minimum Gasteiger partial charge on any atom is -0.412 e. The van der Waals surface area contributed by atoms with Gasteiger partial charge >= 0.3 is 0 Å². The summed E-state index contributed by atoms with van der Waals surface area (Å²) in [7, 11) is 3.18. The van der Waals surface area contributed by atoms with Crippen LogP contribution in [0.25, 0.3) is 0 Å². The second-order valence-corrected chi connectivity index (χ2v) is 4.41.